The van der Waals surface area contributed by atoms with Gasteiger partial charge in [0.1, 0.15) is 0 Å². The number of rotatable bonds is 2. The minimum absolute atomic E-state index is 0.0407. The summed E-state index contributed by atoms with van der Waals surface area (Å²) in [5.74, 6) is 2.37. The number of amides is 1. The summed E-state index contributed by atoms with van der Waals surface area (Å²) in [6.07, 6.45) is 13.1. The van der Waals surface area contributed by atoms with E-state index in [4.69, 9.17) is 14.5 Å². The Balaban J connectivity index is 1.68. The maximum absolute atomic E-state index is 13.4. The lowest BCUT2D eigenvalue weighted by Gasteiger charge is -2.55. The van der Waals surface area contributed by atoms with Crippen molar-refractivity contribution in [2.75, 3.05) is 4.90 Å². The number of aryl methyl sites for hydroxylation is 1. The van der Waals surface area contributed by atoms with Crippen LogP contribution in [0.4, 0.5) is 5.95 Å². The van der Waals surface area contributed by atoms with E-state index in [-0.39, 0.29) is 17.5 Å². The van der Waals surface area contributed by atoms with Crippen LogP contribution in [0.5, 0.6) is 0 Å². The Bertz CT molecular complexity index is 819. The van der Waals surface area contributed by atoms with Gasteiger partial charge in [-0.3, -0.25) is 9.69 Å². The number of anilines is 1. The van der Waals surface area contributed by atoms with Gasteiger partial charge in [-0.2, -0.15) is 10.1 Å². The number of fused-ring (bicyclic) bond motifs is 4. The molecule has 2 aliphatic carbocycles. The highest BCUT2D eigenvalue weighted by atomic mass is 16.3. The van der Waals surface area contributed by atoms with Gasteiger partial charge in [-0.1, -0.05) is 39.0 Å². The van der Waals surface area contributed by atoms with Gasteiger partial charge < -0.3 is 4.42 Å². The molecular weight excluding hydrogens is 340 g/mol. The van der Waals surface area contributed by atoms with Crippen molar-refractivity contribution in [2.24, 2.45) is 5.92 Å². The molecule has 6 heteroatoms. The zero-order valence-electron chi connectivity index (χ0n) is 16.1. The Labute approximate surface area is 159 Å². The molecule has 0 radical (unpaired) electrons. The zero-order valence-corrected chi connectivity index (χ0v) is 16.1. The van der Waals surface area contributed by atoms with E-state index in [0.717, 1.165) is 37.5 Å². The van der Waals surface area contributed by atoms with Gasteiger partial charge in [0.15, 0.2) is 11.6 Å². The SMILES string of the molecule is CCc1nc2n(n1)C1(CCCCC1)[C@@H]1CCCC[C@@H]1N2C(=O)c1ccco1. The number of carbonyl (C=O) groups excluding carboxylic acids is 1. The number of hydrogen-bond donors (Lipinski definition) is 0. The van der Waals surface area contributed by atoms with E-state index in [9.17, 15) is 4.79 Å². The minimum atomic E-state index is -0.0705. The average molecular weight is 368 g/mol. The lowest BCUT2D eigenvalue weighted by Crippen LogP contribution is -2.61. The van der Waals surface area contributed by atoms with Crippen molar-refractivity contribution in [1.29, 1.82) is 0 Å². The van der Waals surface area contributed by atoms with E-state index in [1.807, 2.05) is 4.90 Å². The Morgan fingerprint density at radius 1 is 1.22 bits per heavy atom. The molecule has 2 atom stereocenters. The molecule has 27 heavy (non-hydrogen) atoms. The average Bonchev–Trinajstić information content (AvgIpc) is 3.39. The van der Waals surface area contributed by atoms with Crippen molar-refractivity contribution in [3.05, 3.63) is 30.0 Å². The number of nitrogens with zero attached hydrogens (tertiary/aromatic N) is 4. The maximum atomic E-state index is 13.4. The van der Waals surface area contributed by atoms with Gasteiger partial charge in [0.05, 0.1) is 11.8 Å². The van der Waals surface area contributed by atoms with Crippen LogP contribution in [0.15, 0.2) is 22.8 Å². The summed E-state index contributed by atoms with van der Waals surface area (Å²) in [6, 6.07) is 3.74. The van der Waals surface area contributed by atoms with Gasteiger partial charge in [-0.15, -0.1) is 0 Å². The van der Waals surface area contributed by atoms with Crippen molar-refractivity contribution in [1.82, 2.24) is 14.8 Å². The summed E-state index contributed by atoms with van der Waals surface area (Å²) in [7, 11) is 0. The summed E-state index contributed by atoms with van der Waals surface area (Å²) in [4.78, 5) is 20.2. The van der Waals surface area contributed by atoms with E-state index in [1.54, 1.807) is 18.4 Å². The summed E-state index contributed by atoms with van der Waals surface area (Å²) >= 11 is 0. The molecule has 3 heterocycles. The second kappa shape index (κ2) is 6.50. The molecule has 1 amide bonds. The van der Waals surface area contributed by atoms with Crippen molar-refractivity contribution in [3.8, 4) is 0 Å². The van der Waals surface area contributed by atoms with Gasteiger partial charge in [0, 0.05) is 18.4 Å². The van der Waals surface area contributed by atoms with Crippen LogP contribution in [-0.4, -0.2) is 26.7 Å². The first-order chi connectivity index (χ1) is 13.2. The highest BCUT2D eigenvalue weighted by molar-refractivity contribution is 6.04. The van der Waals surface area contributed by atoms with Crippen LogP contribution in [-0.2, 0) is 12.0 Å². The molecule has 2 saturated carbocycles. The summed E-state index contributed by atoms with van der Waals surface area (Å²) in [5.41, 5.74) is 0.0407. The lowest BCUT2D eigenvalue weighted by molar-refractivity contribution is 0.0306. The molecule has 2 aromatic heterocycles. The highest BCUT2D eigenvalue weighted by Crippen LogP contribution is 2.52. The van der Waals surface area contributed by atoms with Crippen LogP contribution < -0.4 is 4.90 Å². The summed E-state index contributed by atoms with van der Waals surface area (Å²) in [5, 5.41) is 4.93. The van der Waals surface area contributed by atoms with Crippen molar-refractivity contribution in [2.45, 2.75) is 82.7 Å². The fraction of sp³-hybridized carbons (Fsp3) is 0.667. The third-order valence-electron chi connectivity index (χ3n) is 7.01. The maximum Gasteiger partial charge on any atom is 0.296 e. The van der Waals surface area contributed by atoms with Crippen LogP contribution in [0, 0.1) is 5.92 Å². The van der Waals surface area contributed by atoms with E-state index >= 15 is 0 Å². The van der Waals surface area contributed by atoms with Crippen LogP contribution >= 0.6 is 0 Å². The van der Waals surface area contributed by atoms with Gasteiger partial charge in [-0.25, -0.2) is 4.68 Å². The molecule has 0 aromatic carbocycles. The van der Waals surface area contributed by atoms with Gasteiger partial charge in [0.2, 0.25) is 5.95 Å². The fourth-order valence-electron chi connectivity index (χ4n) is 5.81. The monoisotopic (exact) mass is 368 g/mol. The van der Waals surface area contributed by atoms with Crippen LogP contribution in [0.2, 0.25) is 0 Å². The van der Waals surface area contributed by atoms with E-state index < -0.39 is 0 Å². The Morgan fingerprint density at radius 2 is 2.04 bits per heavy atom. The molecule has 3 aliphatic rings. The topological polar surface area (TPSA) is 64.2 Å². The smallest absolute Gasteiger partial charge is 0.296 e. The normalized spacial score (nSPS) is 26.6. The molecule has 6 nitrogen and oxygen atoms in total. The Hall–Kier alpha value is -2.11. The Kier molecular flexibility index (Phi) is 4.10. The molecule has 0 bridgehead atoms. The van der Waals surface area contributed by atoms with Crippen molar-refractivity contribution in [3.63, 3.8) is 0 Å². The highest BCUT2D eigenvalue weighted by Gasteiger charge is 2.55. The molecule has 0 unspecified atom stereocenters. The van der Waals surface area contributed by atoms with Gasteiger partial charge >= 0.3 is 0 Å². The molecule has 0 N–H and O–H groups in total. The van der Waals surface area contributed by atoms with Crippen LogP contribution in [0.1, 0.15) is 81.1 Å². The predicted octanol–water partition coefficient (Wildman–Crippen LogP) is 4.31. The zero-order chi connectivity index (χ0) is 18.4. The molecule has 2 fully saturated rings. The first kappa shape index (κ1) is 17.0. The molecule has 1 aliphatic heterocycles. The molecule has 1 spiro atoms. The minimum Gasteiger partial charge on any atom is -0.459 e. The second-order valence-corrected chi connectivity index (χ2v) is 8.37. The van der Waals surface area contributed by atoms with Crippen LogP contribution in [0.3, 0.4) is 0 Å². The van der Waals surface area contributed by atoms with Crippen molar-refractivity contribution >= 4 is 11.9 Å². The summed E-state index contributed by atoms with van der Waals surface area (Å²) in [6.45, 7) is 2.08. The quantitative estimate of drug-likeness (QED) is 0.792. The van der Waals surface area contributed by atoms with Gasteiger partial charge in [-0.05, 0) is 37.8 Å². The first-order valence-corrected chi connectivity index (χ1v) is 10.6. The molecule has 5 rings (SSSR count). The summed E-state index contributed by atoms with van der Waals surface area (Å²) < 4.78 is 7.63. The molecule has 2 aromatic rings. The van der Waals surface area contributed by atoms with E-state index in [2.05, 4.69) is 11.6 Å². The van der Waals surface area contributed by atoms with Crippen molar-refractivity contribution < 1.29 is 9.21 Å². The third-order valence-corrected chi connectivity index (χ3v) is 7.01. The number of aromatic nitrogens is 3. The van der Waals surface area contributed by atoms with E-state index in [1.165, 1.54) is 38.5 Å². The molecule has 144 valence electrons. The fourth-order valence-corrected chi connectivity index (χ4v) is 5.81. The molecular formula is C21H28N4O2. The standard InChI is InChI=1S/C21H28N4O2/c1-2-18-22-20-24(19(26)17-11-8-14-27-17)16-10-5-4-9-15(16)21(25(20)23-18)12-6-3-7-13-21/h8,11,14-16H,2-7,9-10,12-13H2,1H3/t15-,16+/m1/s1. The first-order valence-electron chi connectivity index (χ1n) is 10.6. The van der Waals surface area contributed by atoms with Gasteiger partial charge in [0.25, 0.3) is 5.91 Å². The largest absolute Gasteiger partial charge is 0.459 e. The Morgan fingerprint density at radius 3 is 2.78 bits per heavy atom. The molecule has 0 saturated heterocycles. The lowest BCUT2D eigenvalue weighted by atomic mass is 9.64. The number of carbonyl (C=O) groups is 1. The second-order valence-electron chi connectivity index (χ2n) is 8.37. The predicted molar refractivity (Wildman–Crippen MR) is 102 cm³/mol. The number of furan rings is 1. The number of hydrogen-bond acceptors (Lipinski definition) is 4. The third kappa shape index (κ3) is 2.48. The van der Waals surface area contributed by atoms with Crippen LogP contribution in [0.25, 0.3) is 0 Å². The van der Waals surface area contributed by atoms with E-state index in [0.29, 0.717) is 11.7 Å².